The topological polar surface area (TPSA) is 36.3 Å². The molecule has 1 saturated heterocycles. The van der Waals surface area contributed by atoms with Crippen LogP contribution in [0.5, 0.6) is 0 Å². The molecule has 1 aromatic heterocycles. The second-order valence-corrected chi connectivity index (χ2v) is 6.29. The van der Waals surface area contributed by atoms with Crippen LogP contribution in [0.2, 0.25) is 0 Å². The van der Waals surface area contributed by atoms with E-state index in [0.29, 0.717) is 12.0 Å². The van der Waals surface area contributed by atoms with Gasteiger partial charge in [-0.3, -0.25) is 4.90 Å². The van der Waals surface area contributed by atoms with Crippen LogP contribution in [0.4, 0.5) is 0 Å². The molecule has 1 fully saturated rings. The molecule has 1 aliphatic heterocycles. The summed E-state index contributed by atoms with van der Waals surface area (Å²) in [5.74, 6) is 0.664. The predicted molar refractivity (Wildman–Crippen MR) is 88.0 cm³/mol. The van der Waals surface area contributed by atoms with Crippen LogP contribution in [-0.4, -0.2) is 65.4 Å². The maximum Gasteiger partial charge on any atom is 0.0538 e. The predicted octanol–water partition coefficient (Wildman–Crippen LogP) is 1.35. The number of hydrogen-bond acceptors (Lipinski definition) is 4. The van der Waals surface area contributed by atoms with E-state index in [-0.39, 0.29) is 0 Å². The molecule has 0 radical (unpaired) electrons. The van der Waals surface area contributed by atoms with E-state index in [1.165, 1.54) is 31.7 Å². The van der Waals surface area contributed by atoms with Gasteiger partial charge in [0.2, 0.25) is 0 Å². The van der Waals surface area contributed by atoms with E-state index in [9.17, 15) is 0 Å². The van der Waals surface area contributed by atoms with Gasteiger partial charge in [-0.25, -0.2) is 4.68 Å². The average molecular weight is 291 g/mol. The Labute approximate surface area is 128 Å². The molecule has 1 unspecified atom stereocenters. The van der Waals surface area contributed by atoms with Crippen molar-refractivity contribution in [1.82, 2.24) is 24.9 Å². The van der Waals surface area contributed by atoms with Crippen LogP contribution < -0.4 is 5.32 Å². The molecule has 5 heteroatoms. The second-order valence-electron chi connectivity index (χ2n) is 6.29. The molecule has 0 amide bonds. The van der Waals surface area contributed by atoms with Crippen molar-refractivity contribution < 1.29 is 0 Å². The summed E-state index contributed by atoms with van der Waals surface area (Å²) in [4.78, 5) is 5.04. The van der Waals surface area contributed by atoms with Gasteiger partial charge in [-0.2, -0.15) is 5.10 Å². The molecule has 0 spiro atoms. The highest BCUT2D eigenvalue weighted by molar-refractivity contribution is 5.17. The molecule has 118 valence electrons. The van der Waals surface area contributed by atoms with Crippen LogP contribution >= 0.6 is 0 Å². The first-order valence-electron chi connectivity index (χ1n) is 7.89. The zero-order chi connectivity index (χ0) is 15.2. The normalized spacial score (nSPS) is 19.0. The van der Waals surface area contributed by atoms with E-state index in [4.69, 9.17) is 0 Å². The number of hydrogen-bond donors (Lipinski definition) is 1. The smallest absolute Gasteiger partial charge is 0.0538 e. The number of nitrogens with zero attached hydrogens (tertiary/aromatic N) is 4. The van der Waals surface area contributed by atoms with Gasteiger partial charge < -0.3 is 10.2 Å². The van der Waals surface area contributed by atoms with Crippen LogP contribution in [0.25, 0.3) is 6.20 Å². The molecule has 1 N–H and O–H groups in total. The van der Waals surface area contributed by atoms with Crippen molar-refractivity contribution >= 4 is 6.20 Å². The second kappa shape index (κ2) is 7.73. The van der Waals surface area contributed by atoms with E-state index in [1.54, 1.807) is 10.9 Å². The van der Waals surface area contributed by atoms with Gasteiger partial charge >= 0.3 is 0 Å². The lowest BCUT2D eigenvalue weighted by Gasteiger charge is -2.40. The van der Waals surface area contributed by atoms with Gasteiger partial charge in [0.15, 0.2) is 0 Å². The van der Waals surface area contributed by atoms with Crippen molar-refractivity contribution in [1.29, 1.82) is 0 Å². The molecule has 2 rings (SSSR count). The number of piperazine rings is 1. The van der Waals surface area contributed by atoms with Gasteiger partial charge in [0, 0.05) is 63.3 Å². The van der Waals surface area contributed by atoms with E-state index in [1.807, 2.05) is 12.4 Å². The van der Waals surface area contributed by atoms with E-state index in [0.717, 1.165) is 13.1 Å². The lowest BCUT2D eigenvalue weighted by molar-refractivity contribution is 0.0875. The Morgan fingerprint density at radius 1 is 1.33 bits per heavy atom. The SMILES string of the molecule is C=Cn1cc(CNCC(C(C)C)N2CCN(C)CC2)cn1. The first kappa shape index (κ1) is 16.2. The maximum atomic E-state index is 4.21. The standard InChI is InChI=1S/C16H29N5/c1-5-21-13-15(11-18-21)10-17-12-16(14(2)3)20-8-6-19(4)7-9-20/h5,11,13-14,16-17H,1,6-10,12H2,2-4H3. The Morgan fingerprint density at radius 3 is 2.62 bits per heavy atom. The molecule has 1 aromatic rings. The van der Waals surface area contributed by atoms with Crippen molar-refractivity contribution in [3.63, 3.8) is 0 Å². The van der Waals surface area contributed by atoms with Crippen LogP contribution in [-0.2, 0) is 6.54 Å². The molecule has 0 aliphatic carbocycles. The van der Waals surface area contributed by atoms with Crippen LogP contribution in [0.15, 0.2) is 19.0 Å². The monoisotopic (exact) mass is 291 g/mol. The van der Waals surface area contributed by atoms with Crippen molar-refractivity contribution in [2.75, 3.05) is 39.8 Å². The van der Waals surface area contributed by atoms with Gasteiger partial charge in [0.25, 0.3) is 0 Å². The molecule has 0 aromatic carbocycles. The molecule has 1 aliphatic rings. The van der Waals surface area contributed by atoms with Crippen LogP contribution in [0.3, 0.4) is 0 Å². The fourth-order valence-corrected chi connectivity index (χ4v) is 2.87. The Morgan fingerprint density at radius 2 is 2.05 bits per heavy atom. The Balaban J connectivity index is 1.81. The number of nitrogens with one attached hydrogen (secondary N) is 1. The van der Waals surface area contributed by atoms with Gasteiger partial charge in [0.05, 0.1) is 6.20 Å². The molecular weight excluding hydrogens is 262 g/mol. The summed E-state index contributed by atoms with van der Waals surface area (Å²) >= 11 is 0. The summed E-state index contributed by atoms with van der Waals surface area (Å²) in [6, 6.07) is 0.605. The van der Waals surface area contributed by atoms with E-state index >= 15 is 0 Å². The summed E-state index contributed by atoms with van der Waals surface area (Å²) in [5.41, 5.74) is 1.20. The third kappa shape index (κ3) is 4.66. The van der Waals surface area contributed by atoms with Crippen LogP contribution in [0.1, 0.15) is 19.4 Å². The summed E-state index contributed by atoms with van der Waals surface area (Å²) in [6.07, 6.45) is 5.62. The Bertz CT molecular complexity index is 432. The largest absolute Gasteiger partial charge is 0.311 e. The molecular formula is C16H29N5. The van der Waals surface area contributed by atoms with E-state index in [2.05, 4.69) is 47.7 Å². The van der Waals surface area contributed by atoms with Crippen molar-refractivity contribution in [3.05, 3.63) is 24.5 Å². The lowest BCUT2D eigenvalue weighted by Crippen LogP contribution is -2.53. The van der Waals surface area contributed by atoms with E-state index < -0.39 is 0 Å². The minimum atomic E-state index is 0.605. The molecule has 21 heavy (non-hydrogen) atoms. The van der Waals surface area contributed by atoms with Gasteiger partial charge in [-0.05, 0) is 13.0 Å². The summed E-state index contributed by atoms with van der Waals surface area (Å²) in [5, 5.41) is 7.79. The highest BCUT2D eigenvalue weighted by atomic mass is 15.3. The lowest BCUT2D eigenvalue weighted by atomic mass is 10.0. The first-order chi connectivity index (χ1) is 10.1. The molecule has 0 saturated carbocycles. The average Bonchev–Trinajstić information content (AvgIpc) is 2.92. The third-order valence-electron chi connectivity index (χ3n) is 4.30. The molecule has 2 heterocycles. The zero-order valence-electron chi connectivity index (χ0n) is 13.6. The quantitative estimate of drug-likeness (QED) is 0.822. The maximum absolute atomic E-state index is 4.21. The first-order valence-corrected chi connectivity index (χ1v) is 7.89. The molecule has 0 bridgehead atoms. The van der Waals surface area contributed by atoms with Gasteiger partial charge in [-0.15, -0.1) is 0 Å². The van der Waals surface area contributed by atoms with Crippen molar-refractivity contribution in [2.24, 2.45) is 5.92 Å². The summed E-state index contributed by atoms with van der Waals surface area (Å²) in [7, 11) is 2.21. The summed E-state index contributed by atoms with van der Waals surface area (Å²) in [6.45, 7) is 15.0. The zero-order valence-corrected chi connectivity index (χ0v) is 13.6. The minimum Gasteiger partial charge on any atom is -0.311 e. The Kier molecular flexibility index (Phi) is 5.96. The van der Waals surface area contributed by atoms with Gasteiger partial charge in [0.1, 0.15) is 0 Å². The van der Waals surface area contributed by atoms with Crippen LogP contribution in [0, 0.1) is 5.92 Å². The highest BCUT2D eigenvalue weighted by Crippen LogP contribution is 2.13. The Hall–Kier alpha value is -1.17. The van der Waals surface area contributed by atoms with Crippen molar-refractivity contribution in [3.8, 4) is 0 Å². The highest BCUT2D eigenvalue weighted by Gasteiger charge is 2.24. The third-order valence-corrected chi connectivity index (χ3v) is 4.30. The number of aromatic nitrogens is 2. The number of likely N-dealkylation sites (N-methyl/N-ethyl adjacent to an activating group) is 1. The number of rotatable bonds is 7. The molecule has 1 atom stereocenters. The fraction of sp³-hybridized carbons (Fsp3) is 0.688. The fourth-order valence-electron chi connectivity index (χ4n) is 2.87. The summed E-state index contributed by atoms with van der Waals surface area (Å²) < 4.78 is 1.75. The van der Waals surface area contributed by atoms with Crippen molar-refractivity contribution in [2.45, 2.75) is 26.4 Å². The molecule has 5 nitrogen and oxygen atoms in total. The van der Waals surface area contributed by atoms with Gasteiger partial charge in [-0.1, -0.05) is 20.4 Å². The minimum absolute atomic E-state index is 0.605.